The van der Waals surface area contributed by atoms with E-state index in [2.05, 4.69) is 60.9 Å². The Morgan fingerprint density at radius 3 is 2.60 bits per heavy atom. The van der Waals surface area contributed by atoms with Gasteiger partial charge in [-0.05, 0) is 41.6 Å². The lowest BCUT2D eigenvalue weighted by atomic mass is 10.2. The third kappa shape index (κ3) is 5.35. The summed E-state index contributed by atoms with van der Waals surface area (Å²) >= 11 is 1.78. The SMILES string of the molecule is CC(C)CNCc1ccc(OCCc2cccs2)cc1. The molecule has 0 spiro atoms. The summed E-state index contributed by atoms with van der Waals surface area (Å²) < 4.78 is 5.76. The minimum atomic E-state index is 0.690. The monoisotopic (exact) mass is 289 g/mol. The number of ether oxygens (including phenoxy) is 1. The molecule has 108 valence electrons. The Bertz CT molecular complexity index is 476. The van der Waals surface area contributed by atoms with E-state index in [-0.39, 0.29) is 0 Å². The van der Waals surface area contributed by atoms with Crippen molar-refractivity contribution >= 4 is 11.3 Å². The van der Waals surface area contributed by atoms with Gasteiger partial charge in [-0.2, -0.15) is 0 Å². The van der Waals surface area contributed by atoms with E-state index in [1.807, 2.05) is 0 Å². The molecule has 0 aliphatic rings. The van der Waals surface area contributed by atoms with Gasteiger partial charge in [0, 0.05) is 17.8 Å². The third-order valence-electron chi connectivity index (χ3n) is 3.00. The lowest BCUT2D eigenvalue weighted by Crippen LogP contribution is -2.18. The molecule has 0 saturated heterocycles. The van der Waals surface area contributed by atoms with Crippen molar-refractivity contribution in [1.82, 2.24) is 5.32 Å². The molecule has 2 aromatic rings. The normalized spacial score (nSPS) is 10.9. The van der Waals surface area contributed by atoms with E-state index in [1.54, 1.807) is 11.3 Å². The molecule has 1 N–H and O–H groups in total. The van der Waals surface area contributed by atoms with Gasteiger partial charge in [0.25, 0.3) is 0 Å². The smallest absolute Gasteiger partial charge is 0.119 e. The fourth-order valence-electron chi connectivity index (χ4n) is 1.93. The van der Waals surface area contributed by atoms with Crippen molar-refractivity contribution in [3.05, 3.63) is 52.2 Å². The van der Waals surface area contributed by atoms with E-state index in [0.717, 1.165) is 31.9 Å². The summed E-state index contributed by atoms with van der Waals surface area (Å²) in [5.74, 6) is 1.64. The van der Waals surface area contributed by atoms with Crippen molar-refractivity contribution in [1.29, 1.82) is 0 Å². The summed E-state index contributed by atoms with van der Waals surface area (Å²) in [7, 11) is 0. The van der Waals surface area contributed by atoms with Crippen LogP contribution in [0.25, 0.3) is 0 Å². The van der Waals surface area contributed by atoms with Gasteiger partial charge in [0.05, 0.1) is 6.61 Å². The Kier molecular flexibility index (Phi) is 6.09. The predicted octanol–water partition coefficient (Wildman–Crippen LogP) is 4.12. The first kappa shape index (κ1) is 15.1. The number of nitrogens with one attached hydrogen (secondary N) is 1. The zero-order valence-electron chi connectivity index (χ0n) is 12.3. The highest BCUT2D eigenvalue weighted by Gasteiger charge is 1.98. The zero-order chi connectivity index (χ0) is 14.2. The number of thiophene rings is 1. The van der Waals surface area contributed by atoms with Crippen molar-refractivity contribution in [2.75, 3.05) is 13.2 Å². The molecular weight excluding hydrogens is 266 g/mol. The van der Waals surface area contributed by atoms with Gasteiger partial charge < -0.3 is 10.1 Å². The van der Waals surface area contributed by atoms with Gasteiger partial charge >= 0.3 is 0 Å². The molecule has 0 fully saturated rings. The highest BCUT2D eigenvalue weighted by Crippen LogP contribution is 2.14. The molecular formula is C17H23NOS. The van der Waals surface area contributed by atoms with Crippen LogP contribution in [0.5, 0.6) is 5.75 Å². The number of benzene rings is 1. The molecule has 3 heteroatoms. The summed E-state index contributed by atoms with van der Waals surface area (Å²) in [5.41, 5.74) is 1.30. The van der Waals surface area contributed by atoms with Crippen LogP contribution in [0.4, 0.5) is 0 Å². The molecule has 1 aromatic heterocycles. The lowest BCUT2D eigenvalue weighted by molar-refractivity contribution is 0.323. The van der Waals surface area contributed by atoms with Crippen LogP contribution in [0.1, 0.15) is 24.3 Å². The summed E-state index contributed by atoms with van der Waals surface area (Å²) in [6.45, 7) is 7.16. The molecule has 1 heterocycles. The van der Waals surface area contributed by atoms with Crippen LogP contribution >= 0.6 is 11.3 Å². The van der Waals surface area contributed by atoms with Gasteiger partial charge in [-0.15, -0.1) is 11.3 Å². The molecule has 2 nitrogen and oxygen atoms in total. The maximum atomic E-state index is 5.76. The Balaban J connectivity index is 1.71. The second-order valence-electron chi connectivity index (χ2n) is 5.35. The van der Waals surface area contributed by atoms with Gasteiger partial charge in [0.1, 0.15) is 5.75 Å². The second kappa shape index (κ2) is 8.08. The molecule has 0 bridgehead atoms. The minimum Gasteiger partial charge on any atom is -0.493 e. The van der Waals surface area contributed by atoms with Gasteiger partial charge in [0.15, 0.2) is 0 Å². The van der Waals surface area contributed by atoms with Gasteiger partial charge in [-0.1, -0.05) is 32.0 Å². The zero-order valence-corrected chi connectivity index (χ0v) is 13.1. The Hall–Kier alpha value is -1.32. The molecule has 2 rings (SSSR count). The van der Waals surface area contributed by atoms with Crippen molar-refractivity contribution < 1.29 is 4.74 Å². The quantitative estimate of drug-likeness (QED) is 0.789. The van der Waals surface area contributed by atoms with E-state index < -0.39 is 0 Å². The Morgan fingerprint density at radius 2 is 1.95 bits per heavy atom. The van der Waals surface area contributed by atoms with Gasteiger partial charge in [-0.3, -0.25) is 0 Å². The summed E-state index contributed by atoms with van der Waals surface area (Å²) in [6.07, 6.45) is 0.982. The van der Waals surface area contributed by atoms with Crippen LogP contribution in [-0.4, -0.2) is 13.2 Å². The molecule has 0 saturated carbocycles. The van der Waals surface area contributed by atoms with Crippen LogP contribution in [-0.2, 0) is 13.0 Å². The highest BCUT2D eigenvalue weighted by atomic mass is 32.1. The molecule has 0 aliphatic carbocycles. The maximum Gasteiger partial charge on any atom is 0.119 e. The van der Waals surface area contributed by atoms with E-state index >= 15 is 0 Å². The molecule has 0 radical (unpaired) electrons. The first-order valence-corrected chi connectivity index (χ1v) is 8.07. The van der Waals surface area contributed by atoms with Gasteiger partial charge in [0.2, 0.25) is 0 Å². The summed E-state index contributed by atoms with van der Waals surface area (Å²) in [4.78, 5) is 1.37. The summed E-state index contributed by atoms with van der Waals surface area (Å²) in [6, 6.07) is 12.6. The Morgan fingerprint density at radius 1 is 1.15 bits per heavy atom. The average molecular weight is 289 g/mol. The van der Waals surface area contributed by atoms with Crippen molar-refractivity contribution in [2.45, 2.75) is 26.8 Å². The molecule has 0 unspecified atom stereocenters. The van der Waals surface area contributed by atoms with Crippen molar-refractivity contribution in [2.24, 2.45) is 5.92 Å². The highest BCUT2D eigenvalue weighted by molar-refractivity contribution is 7.09. The van der Waals surface area contributed by atoms with Crippen LogP contribution in [0.15, 0.2) is 41.8 Å². The van der Waals surface area contributed by atoms with Crippen LogP contribution in [0.2, 0.25) is 0 Å². The van der Waals surface area contributed by atoms with E-state index in [9.17, 15) is 0 Å². The van der Waals surface area contributed by atoms with Crippen LogP contribution in [0.3, 0.4) is 0 Å². The van der Waals surface area contributed by atoms with Crippen LogP contribution in [0, 0.1) is 5.92 Å². The molecule has 1 aromatic carbocycles. The van der Waals surface area contributed by atoms with E-state index in [4.69, 9.17) is 4.74 Å². The summed E-state index contributed by atoms with van der Waals surface area (Å²) in [5, 5.41) is 5.55. The molecule has 0 atom stereocenters. The molecule has 0 aliphatic heterocycles. The van der Waals surface area contributed by atoms with Crippen molar-refractivity contribution in [3.63, 3.8) is 0 Å². The van der Waals surface area contributed by atoms with Crippen LogP contribution < -0.4 is 10.1 Å². The first-order chi connectivity index (χ1) is 9.74. The van der Waals surface area contributed by atoms with E-state index in [1.165, 1.54) is 10.4 Å². The number of rotatable bonds is 8. The maximum absolute atomic E-state index is 5.76. The van der Waals surface area contributed by atoms with Crippen molar-refractivity contribution in [3.8, 4) is 5.75 Å². The van der Waals surface area contributed by atoms with E-state index in [0.29, 0.717) is 5.92 Å². The molecule has 20 heavy (non-hydrogen) atoms. The standard InChI is InChI=1S/C17H23NOS/c1-14(2)12-18-13-15-5-7-16(8-6-15)19-10-9-17-4-3-11-20-17/h3-8,11,14,18H,9-10,12-13H2,1-2H3. The molecule has 0 amide bonds. The number of hydrogen-bond acceptors (Lipinski definition) is 3. The average Bonchev–Trinajstić information content (AvgIpc) is 2.93. The minimum absolute atomic E-state index is 0.690. The third-order valence-corrected chi connectivity index (χ3v) is 3.94. The largest absolute Gasteiger partial charge is 0.493 e. The second-order valence-corrected chi connectivity index (χ2v) is 6.38. The predicted molar refractivity (Wildman–Crippen MR) is 86.5 cm³/mol. The Labute approximate surface area is 125 Å². The van der Waals surface area contributed by atoms with Gasteiger partial charge in [-0.25, -0.2) is 0 Å². The topological polar surface area (TPSA) is 21.3 Å². The lowest BCUT2D eigenvalue weighted by Gasteiger charge is -2.09. The fraction of sp³-hybridized carbons (Fsp3) is 0.412. The first-order valence-electron chi connectivity index (χ1n) is 7.19. The fourth-order valence-corrected chi connectivity index (χ4v) is 2.62. The number of hydrogen-bond donors (Lipinski definition) is 1.